The van der Waals surface area contributed by atoms with Gasteiger partial charge < -0.3 is 4.42 Å². The molecule has 0 aliphatic rings. The van der Waals surface area contributed by atoms with Gasteiger partial charge in [0.2, 0.25) is 0 Å². The summed E-state index contributed by atoms with van der Waals surface area (Å²) in [5.41, 5.74) is 2.55. The minimum atomic E-state index is 1.09. The number of unbranched alkanes of at least 4 members (excludes halogenated alkanes) is 1. The van der Waals surface area contributed by atoms with Crippen LogP contribution in [0.2, 0.25) is 0 Å². The monoisotopic (exact) mass is 212 g/mol. The minimum Gasteiger partial charge on any atom is -0.472 e. The van der Waals surface area contributed by atoms with Crippen LogP contribution in [0.25, 0.3) is 6.08 Å². The molecule has 0 fully saturated rings. The summed E-state index contributed by atoms with van der Waals surface area (Å²) < 4.78 is 5.02. The first kappa shape index (κ1) is 10.7. The van der Waals surface area contributed by atoms with Gasteiger partial charge in [-0.1, -0.05) is 42.5 Å². The first-order chi connectivity index (χ1) is 7.95. The van der Waals surface area contributed by atoms with E-state index >= 15 is 0 Å². The highest BCUT2D eigenvalue weighted by Gasteiger charge is 1.92. The quantitative estimate of drug-likeness (QED) is 0.673. The average Bonchev–Trinajstić information content (AvgIpc) is 2.83. The molecule has 0 atom stereocenters. The zero-order chi connectivity index (χ0) is 11.1. The molecular weight excluding hydrogens is 196 g/mol. The fraction of sp³-hybridized carbons (Fsp3) is 0.200. The molecule has 0 N–H and O–H groups in total. The van der Waals surface area contributed by atoms with Crippen molar-refractivity contribution in [3.63, 3.8) is 0 Å². The summed E-state index contributed by atoms with van der Waals surface area (Å²) in [7, 11) is 0. The van der Waals surface area contributed by atoms with E-state index in [9.17, 15) is 0 Å². The van der Waals surface area contributed by atoms with Crippen molar-refractivity contribution in [2.75, 3.05) is 0 Å². The van der Waals surface area contributed by atoms with E-state index in [1.54, 1.807) is 6.26 Å². The lowest BCUT2D eigenvalue weighted by Gasteiger charge is -1.94. The summed E-state index contributed by atoms with van der Waals surface area (Å²) in [4.78, 5) is 0. The van der Waals surface area contributed by atoms with Crippen molar-refractivity contribution in [1.29, 1.82) is 0 Å². The molecule has 2 rings (SSSR count). The normalized spacial score (nSPS) is 11.0. The molecule has 16 heavy (non-hydrogen) atoms. The van der Waals surface area contributed by atoms with Crippen LogP contribution < -0.4 is 0 Å². The summed E-state index contributed by atoms with van der Waals surface area (Å²) >= 11 is 0. The van der Waals surface area contributed by atoms with Crippen LogP contribution in [0, 0.1) is 0 Å². The third kappa shape index (κ3) is 3.43. The molecule has 0 saturated carbocycles. The van der Waals surface area contributed by atoms with Crippen molar-refractivity contribution < 1.29 is 4.42 Å². The number of hydrogen-bond acceptors (Lipinski definition) is 1. The molecule has 2 aromatic rings. The molecule has 0 saturated heterocycles. The van der Waals surface area contributed by atoms with Crippen LogP contribution in [0.15, 0.2) is 59.4 Å². The van der Waals surface area contributed by atoms with E-state index < -0.39 is 0 Å². The van der Waals surface area contributed by atoms with Crippen LogP contribution >= 0.6 is 0 Å². The van der Waals surface area contributed by atoms with E-state index in [4.69, 9.17) is 4.42 Å². The van der Waals surface area contributed by atoms with Crippen LogP contribution in [0.4, 0.5) is 0 Å². The third-order valence-corrected chi connectivity index (χ3v) is 2.53. The van der Waals surface area contributed by atoms with E-state index in [-0.39, 0.29) is 0 Å². The fourth-order valence-electron chi connectivity index (χ4n) is 1.64. The predicted octanol–water partition coefficient (Wildman–Crippen LogP) is 4.32. The molecule has 0 aliphatic heterocycles. The molecular formula is C15H16O. The number of furan rings is 1. The van der Waals surface area contributed by atoms with E-state index in [2.05, 4.69) is 36.4 Å². The zero-order valence-corrected chi connectivity index (χ0v) is 9.30. The Morgan fingerprint density at radius 2 is 1.94 bits per heavy atom. The Kier molecular flexibility index (Phi) is 4.00. The van der Waals surface area contributed by atoms with Crippen molar-refractivity contribution in [3.8, 4) is 0 Å². The highest BCUT2D eigenvalue weighted by Crippen LogP contribution is 2.07. The molecule has 0 radical (unpaired) electrons. The molecule has 1 aromatic carbocycles. The van der Waals surface area contributed by atoms with Crippen molar-refractivity contribution >= 4 is 6.08 Å². The summed E-state index contributed by atoms with van der Waals surface area (Å²) in [6, 6.07) is 12.4. The summed E-state index contributed by atoms with van der Waals surface area (Å²) in [5, 5.41) is 0. The van der Waals surface area contributed by atoms with E-state index in [0.29, 0.717) is 0 Å². The molecule has 0 bridgehead atoms. The Labute approximate surface area is 96.4 Å². The molecule has 1 heteroatoms. The lowest BCUT2D eigenvalue weighted by atomic mass is 10.1. The number of aryl methyl sites for hydroxylation is 1. The maximum absolute atomic E-state index is 5.02. The van der Waals surface area contributed by atoms with Crippen LogP contribution in [0.3, 0.4) is 0 Å². The van der Waals surface area contributed by atoms with Gasteiger partial charge in [-0.3, -0.25) is 0 Å². The fourth-order valence-corrected chi connectivity index (χ4v) is 1.64. The maximum Gasteiger partial charge on any atom is 0.0934 e. The van der Waals surface area contributed by atoms with Crippen LogP contribution in [-0.4, -0.2) is 0 Å². The van der Waals surface area contributed by atoms with Gasteiger partial charge in [0.25, 0.3) is 0 Å². The second-order valence-corrected chi connectivity index (χ2v) is 3.84. The predicted molar refractivity (Wildman–Crippen MR) is 67.1 cm³/mol. The Morgan fingerprint density at radius 1 is 1.06 bits per heavy atom. The highest BCUT2D eigenvalue weighted by atomic mass is 16.3. The first-order valence-corrected chi connectivity index (χ1v) is 5.68. The van der Waals surface area contributed by atoms with Gasteiger partial charge in [-0.25, -0.2) is 0 Å². The van der Waals surface area contributed by atoms with Crippen LogP contribution in [-0.2, 0) is 6.42 Å². The molecule has 0 unspecified atom stereocenters. The van der Waals surface area contributed by atoms with Gasteiger partial charge in [-0.15, -0.1) is 0 Å². The van der Waals surface area contributed by atoms with Crippen molar-refractivity contribution in [2.24, 2.45) is 0 Å². The number of allylic oxidation sites excluding steroid dienone is 1. The lowest BCUT2D eigenvalue weighted by Crippen LogP contribution is -1.79. The molecule has 0 amide bonds. The second-order valence-electron chi connectivity index (χ2n) is 3.84. The Morgan fingerprint density at radius 3 is 2.69 bits per heavy atom. The molecule has 1 heterocycles. The van der Waals surface area contributed by atoms with Crippen LogP contribution in [0.1, 0.15) is 24.0 Å². The van der Waals surface area contributed by atoms with Gasteiger partial charge in [0.05, 0.1) is 12.5 Å². The summed E-state index contributed by atoms with van der Waals surface area (Å²) in [6.45, 7) is 0. The standard InChI is InChI=1S/C15H16O/c1-3-7-14(8-4-1)9-5-2-6-10-15-11-12-16-13-15/h1,3-5,7-9,11-13H,2,6,10H2/b9-5+. The largest absolute Gasteiger partial charge is 0.472 e. The van der Waals surface area contributed by atoms with Crippen molar-refractivity contribution in [3.05, 3.63) is 66.1 Å². The van der Waals surface area contributed by atoms with Gasteiger partial charge in [0.15, 0.2) is 0 Å². The number of hydrogen-bond donors (Lipinski definition) is 0. The SMILES string of the molecule is C(=C\c1ccccc1)/CCCc1ccoc1. The van der Waals surface area contributed by atoms with E-state index in [0.717, 1.165) is 12.8 Å². The lowest BCUT2D eigenvalue weighted by molar-refractivity contribution is 0.563. The van der Waals surface area contributed by atoms with Gasteiger partial charge in [-0.05, 0) is 36.5 Å². The molecule has 1 aromatic heterocycles. The Balaban J connectivity index is 1.70. The van der Waals surface area contributed by atoms with E-state index in [1.165, 1.54) is 17.5 Å². The first-order valence-electron chi connectivity index (χ1n) is 5.68. The van der Waals surface area contributed by atoms with Crippen molar-refractivity contribution in [2.45, 2.75) is 19.3 Å². The Hall–Kier alpha value is -1.76. The highest BCUT2D eigenvalue weighted by molar-refractivity contribution is 5.48. The second kappa shape index (κ2) is 5.96. The van der Waals surface area contributed by atoms with Crippen LogP contribution in [0.5, 0.6) is 0 Å². The maximum atomic E-state index is 5.02. The number of benzene rings is 1. The average molecular weight is 212 g/mol. The summed E-state index contributed by atoms with van der Waals surface area (Å²) in [5.74, 6) is 0. The van der Waals surface area contributed by atoms with E-state index in [1.807, 2.05) is 18.4 Å². The van der Waals surface area contributed by atoms with Gasteiger partial charge in [0.1, 0.15) is 0 Å². The zero-order valence-electron chi connectivity index (χ0n) is 9.30. The van der Waals surface area contributed by atoms with Crippen molar-refractivity contribution in [1.82, 2.24) is 0 Å². The Bertz CT molecular complexity index is 412. The van der Waals surface area contributed by atoms with Gasteiger partial charge in [0, 0.05) is 0 Å². The smallest absolute Gasteiger partial charge is 0.0934 e. The molecule has 0 aliphatic carbocycles. The molecule has 1 nitrogen and oxygen atoms in total. The topological polar surface area (TPSA) is 13.1 Å². The molecule has 0 spiro atoms. The molecule has 82 valence electrons. The third-order valence-electron chi connectivity index (χ3n) is 2.53. The van der Waals surface area contributed by atoms with Gasteiger partial charge >= 0.3 is 0 Å². The number of rotatable bonds is 5. The van der Waals surface area contributed by atoms with Gasteiger partial charge in [-0.2, -0.15) is 0 Å². The summed E-state index contributed by atoms with van der Waals surface area (Å²) in [6.07, 6.45) is 11.3. The minimum absolute atomic E-state index is 1.09.